The highest BCUT2D eigenvalue weighted by atomic mass is 16.5. The fourth-order valence-corrected chi connectivity index (χ4v) is 1.73. The Hall–Kier alpha value is -0.120. The summed E-state index contributed by atoms with van der Waals surface area (Å²) in [5, 5.41) is 0. The highest BCUT2D eigenvalue weighted by Crippen LogP contribution is 2.14. The maximum atomic E-state index is 5.82. The number of methoxy groups -OCH3 is 1. The molecule has 1 aliphatic heterocycles. The van der Waals surface area contributed by atoms with Crippen molar-refractivity contribution < 1.29 is 4.74 Å². The molecule has 3 atom stereocenters. The molecule has 3 unspecified atom stereocenters. The van der Waals surface area contributed by atoms with E-state index in [1.54, 1.807) is 7.11 Å². The van der Waals surface area contributed by atoms with Crippen molar-refractivity contribution in [1.82, 2.24) is 4.90 Å². The van der Waals surface area contributed by atoms with Gasteiger partial charge < -0.3 is 15.4 Å². The van der Waals surface area contributed by atoms with Crippen LogP contribution in [0.1, 0.15) is 20.3 Å². The summed E-state index contributed by atoms with van der Waals surface area (Å²) in [4.78, 5) is 2.45. The van der Waals surface area contributed by atoms with Gasteiger partial charge >= 0.3 is 0 Å². The number of hydrogen-bond acceptors (Lipinski definition) is 3. The predicted octanol–water partition coefficient (Wildman–Crippen LogP) is 0.690. The van der Waals surface area contributed by atoms with Crippen LogP contribution in [-0.4, -0.2) is 43.8 Å². The van der Waals surface area contributed by atoms with Crippen molar-refractivity contribution in [3.8, 4) is 0 Å². The number of likely N-dealkylation sites (tertiary alicyclic amines) is 1. The molecule has 0 radical (unpaired) electrons. The van der Waals surface area contributed by atoms with Gasteiger partial charge in [-0.3, -0.25) is 0 Å². The predicted molar refractivity (Wildman–Crippen MR) is 54.7 cm³/mol. The molecule has 3 nitrogen and oxygen atoms in total. The van der Waals surface area contributed by atoms with Gasteiger partial charge in [0.1, 0.15) is 0 Å². The van der Waals surface area contributed by atoms with Crippen LogP contribution in [0.3, 0.4) is 0 Å². The summed E-state index contributed by atoms with van der Waals surface area (Å²) in [5.41, 5.74) is 5.82. The molecule has 1 saturated heterocycles. The van der Waals surface area contributed by atoms with E-state index in [0.717, 1.165) is 19.6 Å². The Labute approximate surface area is 81.2 Å². The van der Waals surface area contributed by atoms with Crippen molar-refractivity contribution >= 4 is 0 Å². The lowest BCUT2D eigenvalue weighted by Gasteiger charge is -2.22. The topological polar surface area (TPSA) is 38.5 Å². The van der Waals surface area contributed by atoms with E-state index >= 15 is 0 Å². The van der Waals surface area contributed by atoms with E-state index in [-0.39, 0.29) is 0 Å². The average molecular weight is 186 g/mol. The van der Waals surface area contributed by atoms with Gasteiger partial charge in [-0.1, -0.05) is 6.92 Å². The van der Waals surface area contributed by atoms with Gasteiger partial charge in [0, 0.05) is 32.8 Å². The van der Waals surface area contributed by atoms with Gasteiger partial charge in [-0.05, 0) is 19.3 Å². The summed E-state index contributed by atoms with van der Waals surface area (Å²) in [5.74, 6) is 0.579. The Morgan fingerprint density at radius 2 is 2.23 bits per heavy atom. The minimum absolute atomic E-state index is 0.293. The summed E-state index contributed by atoms with van der Waals surface area (Å²) in [6, 6.07) is 0.293. The van der Waals surface area contributed by atoms with Gasteiger partial charge in [0.2, 0.25) is 0 Å². The van der Waals surface area contributed by atoms with Gasteiger partial charge in [0.05, 0.1) is 6.10 Å². The molecule has 0 saturated carbocycles. The molecular weight excluding hydrogens is 164 g/mol. The van der Waals surface area contributed by atoms with Crippen LogP contribution in [0.25, 0.3) is 0 Å². The molecule has 0 aliphatic carbocycles. The van der Waals surface area contributed by atoms with Crippen LogP contribution in [0, 0.1) is 5.92 Å². The van der Waals surface area contributed by atoms with E-state index in [1.165, 1.54) is 6.42 Å². The van der Waals surface area contributed by atoms with Gasteiger partial charge in [-0.2, -0.15) is 0 Å². The average Bonchev–Trinajstić information content (AvgIpc) is 2.52. The van der Waals surface area contributed by atoms with E-state index in [1.807, 2.05) is 0 Å². The Bertz CT molecular complexity index is 150. The molecule has 0 spiro atoms. The van der Waals surface area contributed by atoms with Gasteiger partial charge in [-0.25, -0.2) is 0 Å². The standard InChI is InChI=1S/C10H22N2O/c1-8(9(2)11)6-12-5-4-10(7-12)13-3/h8-10H,4-7,11H2,1-3H3. The third kappa shape index (κ3) is 3.25. The van der Waals surface area contributed by atoms with E-state index in [9.17, 15) is 0 Å². The number of nitrogens with two attached hydrogens (primary N) is 1. The molecular formula is C10H22N2O. The molecule has 1 rings (SSSR count). The number of ether oxygens (including phenoxy) is 1. The zero-order chi connectivity index (χ0) is 9.84. The third-order valence-corrected chi connectivity index (χ3v) is 3.01. The molecule has 0 bridgehead atoms. The Morgan fingerprint density at radius 1 is 1.54 bits per heavy atom. The van der Waals surface area contributed by atoms with E-state index in [4.69, 9.17) is 10.5 Å². The molecule has 0 aromatic heterocycles. The zero-order valence-electron chi connectivity index (χ0n) is 8.99. The van der Waals surface area contributed by atoms with Crippen LogP contribution >= 0.6 is 0 Å². The minimum Gasteiger partial charge on any atom is -0.380 e. The first-order chi connectivity index (χ1) is 6.13. The lowest BCUT2D eigenvalue weighted by atomic mass is 10.0. The first kappa shape index (κ1) is 11.0. The number of rotatable bonds is 4. The number of hydrogen-bond donors (Lipinski definition) is 1. The van der Waals surface area contributed by atoms with Crippen molar-refractivity contribution in [2.75, 3.05) is 26.7 Å². The van der Waals surface area contributed by atoms with Gasteiger partial charge in [0.25, 0.3) is 0 Å². The maximum Gasteiger partial charge on any atom is 0.0710 e. The lowest BCUT2D eigenvalue weighted by Crippen LogP contribution is -2.35. The quantitative estimate of drug-likeness (QED) is 0.702. The second-order valence-electron chi connectivity index (χ2n) is 4.24. The maximum absolute atomic E-state index is 5.82. The van der Waals surface area contributed by atoms with Crippen molar-refractivity contribution in [3.05, 3.63) is 0 Å². The SMILES string of the molecule is COC1CCN(CC(C)C(C)N)C1. The van der Waals surface area contributed by atoms with Crippen LogP contribution in [0.4, 0.5) is 0 Å². The van der Waals surface area contributed by atoms with Crippen molar-refractivity contribution in [2.24, 2.45) is 11.7 Å². The minimum atomic E-state index is 0.293. The highest BCUT2D eigenvalue weighted by molar-refractivity contribution is 4.78. The molecule has 13 heavy (non-hydrogen) atoms. The Morgan fingerprint density at radius 3 is 2.69 bits per heavy atom. The smallest absolute Gasteiger partial charge is 0.0710 e. The van der Waals surface area contributed by atoms with Crippen LogP contribution in [-0.2, 0) is 4.74 Å². The van der Waals surface area contributed by atoms with E-state index < -0.39 is 0 Å². The fourth-order valence-electron chi connectivity index (χ4n) is 1.73. The molecule has 0 aromatic carbocycles. The second kappa shape index (κ2) is 4.94. The fraction of sp³-hybridized carbons (Fsp3) is 1.00. The van der Waals surface area contributed by atoms with Crippen LogP contribution in [0.2, 0.25) is 0 Å². The largest absolute Gasteiger partial charge is 0.380 e. The van der Waals surface area contributed by atoms with Crippen molar-refractivity contribution in [2.45, 2.75) is 32.4 Å². The summed E-state index contributed by atoms with van der Waals surface area (Å²) >= 11 is 0. The molecule has 2 N–H and O–H groups in total. The summed E-state index contributed by atoms with van der Waals surface area (Å²) in [7, 11) is 1.79. The molecule has 3 heteroatoms. The lowest BCUT2D eigenvalue weighted by molar-refractivity contribution is 0.105. The molecule has 1 fully saturated rings. The van der Waals surface area contributed by atoms with Gasteiger partial charge in [-0.15, -0.1) is 0 Å². The Kier molecular flexibility index (Phi) is 4.16. The van der Waals surface area contributed by atoms with Gasteiger partial charge in [0.15, 0.2) is 0 Å². The third-order valence-electron chi connectivity index (χ3n) is 3.01. The highest BCUT2D eigenvalue weighted by Gasteiger charge is 2.23. The monoisotopic (exact) mass is 186 g/mol. The summed E-state index contributed by atoms with van der Waals surface area (Å²) in [6.45, 7) is 7.64. The van der Waals surface area contributed by atoms with Crippen molar-refractivity contribution in [3.63, 3.8) is 0 Å². The van der Waals surface area contributed by atoms with Crippen LogP contribution < -0.4 is 5.73 Å². The second-order valence-corrected chi connectivity index (χ2v) is 4.24. The van der Waals surface area contributed by atoms with Crippen molar-refractivity contribution in [1.29, 1.82) is 0 Å². The van der Waals surface area contributed by atoms with E-state index in [2.05, 4.69) is 18.7 Å². The van der Waals surface area contributed by atoms with E-state index in [0.29, 0.717) is 18.1 Å². The molecule has 0 aromatic rings. The summed E-state index contributed by atoms with van der Waals surface area (Å²) in [6.07, 6.45) is 1.61. The normalized spacial score (nSPS) is 29.1. The van der Waals surface area contributed by atoms with Crippen LogP contribution in [0.15, 0.2) is 0 Å². The first-order valence-electron chi connectivity index (χ1n) is 5.14. The van der Waals surface area contributed by atoms with Crippen LogP contribution in [0.5, 0.6) is 0 Å². The molecule has 0 amide bonds. The Balaban J connectivity index is 2.23. The molecule has 78 valence electrons. The molecule has 1 heterocycles. The number of nitrogens with zero attached hydrogens (tertiary/aromatic N) is 1. The first-order valence-corrected chi connectivity index (χ1v) is 5.14. The summed E-state index contributed by atoms with van der Waals surface area (Å²) < 4.78 is 5.31. The zero-order valence-corrected chi connectivity index (χ0v) is 8.99. The molecule has 1 aliphatic rings.